The number of nitrogens with one attached hydrogen (secondary N) is 1. The molecule has 1 aromatic rings. The smallest absolute Gasteiger partial charge is 0.0295 e. The van der Waals surface area contributed by atoms with Crippen molar-refractivity contribution in [2.24, 2.45) is 5.92 Å². The normalized spacial score (nSPS) is 19.8. The van der Waals surface area contributed by atoms with Gasteiger partial charge in [0.15, 0.2) is 0 Å². The molecule has 3 nitrogen and oxygen atoms in total. The average molecular weight is 261 g/mol. The highest BCUT2D eigenvalue weighted by Gasteiger charge is 2.20. The molecule has 0 amide bonds. The van der Waals surface area contributed by atoms with Gasteiger partial charge < -0.3 is 10.2 Å². The number of likely N-dealkylation sites (tertiary alicyclic amines) is 1. The third-order valence-corrected chi connectivity index (χ3v) is 3.90. The first kappa shape index (κ1) is 14.5. The molecule has 0 saturated carbocycles. The average Bonchev–Trinajstić information content (AvgIpc) is 2.41. The van der Waals surface area contributed by atoms with Crippen LogP contribution in [0.25, 0.3) is 0 Å². The largest absolute Gasteiger partial charge is 0.307 e. The summed E-state index contributed by atoms with van der Waals surface area (Å²) in [4.78, 5) is 6.67. The van der Waals surface area contributed by atoms with Gasteiger partial charge in [0.2, 0.25) is 0 Å². The number of piperidine rings is 1. The van der Waals surface area contributed by atoms with E-state index in [1.165, 1.54) is 38.0 Å². The summed E-state index contributed by atoms with van der Waals surface area (Å²) in [6.45, 7) is 10.6. The maximum absolute atomic E-state index is 4.08. The first-order chi connectivity index (χ1) is 9.15. The molecule has 0 bridgehead atoms. The number of hydrogen-bond donors (Lipinski definition) is 1. The summed E-state index contributed by atoms with van der Waals surface area (Å²) in [6.07, 6.45) is 6.28. The molecule has 19 heavy (non-hydrogen) atoms. The summed E-state index contributed by atoms with van der Waals surface area (Å²) < 4.78 is 0. The molecule has 1 N–H and O–H groups in total. The van der Waals surface area contributed by atoms with Crippen LogP contribution in [0.15, 0.2) is 24.5 Å². The van der Waals surface area contributed by atoms with E-state index in [0.29, 0.717) is 12.1 Å². The number of nitrogens with zero attached hydrogens (tertiary/aromatic N) is 2. The van der Waals surface area contributed by atoms with Crippen molar-refractivity contribution in [2.75, 3.05) is 19.6 Å². The van der Waals surface area contributed by atoms with Gasteiger partial charge in [0.05, 0.1) is 0 Å². The maximum Gasteiger partial charge on any atom is 0.0295 e. The zero-order chi connectivity index (χ0) is 13.7. The summed E-state index contributed by atoms with van der Waals surface area (Å²) in [5.41, 5.74) is 1.33. The number of rotatable bonds is 5. The van der Waals surface area contributed by atoms with E-state index in [2.05, 4.69) is 48.1 Å². The Morgan fingerprint density at radius 2 is 1.84 bits per heavy atom. The Hall–Kier alpha value is -0.930. The Morgan fingerprint density at radius 3 is 2.42 bits per heavy atom. The van der Waals surface area contributed by atoms with Gasteiger partial charge in [-0.05, 0) is 56.5 Å². The Balaban J connectivity index is 1.76. The molecule has 106 valence electrons. The fourth-order valence-corrected chi connectivity index (χ4v) is 2.90. The fraction of sp³-hybridized carbons (Fsp3) is 0.688. The number of aromatic nitrogens is 1. The molecule has 1 aliphatic rings. The third kappa shape index (κ3) is 4.59. The lowest BCUT2D eigenvalue weighted by molar-refractivity contribution is 0.175. The lowest BCUT2D eigenvalue weighted by Crippen LogP contribution is -2.44. The van der Waals surface area contributed by atoms with Crippen molar-refractivity contribution in [1.29, 1.82) is 0 Å². The molecular formula is C16H27N3. The molecule has 0 unspecified atom stereocenters. The van der Waals surface area contributed by atoms with Gasteiger partial charge in [-0.25, -0.2) is 0 Å². The summed E-state index contributed by atoms with van der Waals surface area (Å²) in [6, 6.07) is 5.29. The zero-order valence-corrected chi connectivity index (χ0v) is 12.5. The van der Waals surface area contributed by atoms with Crippen LogP contribution in [0.4, 0.5) is 0 Å². The van der Waals surface area contributed by atoms with Crippen LogP contribution in [0.5, 0.6) is 0 Å². The lowest BCUT2D eigenvalue weighted by Gasteiger charge is -2.34. The molecule has 0 spiro atoms. The van der Waals surface area contributed by atoms with E-state index < -0.39 is 0 Å². The predicted octanol–water partition coefficient (Wildman–Crippen LogP) is 2.85. The van der Waals surface area contributed by atoms with Crippen molar-refractivity contribution in [3.05, 3.63) is 30.1 Å². The van der Waals surface area contributed by atoms with Gasteiger partial charge in [0, 0.05) is 31.0 Å². The fourth-order valence-electron chi connectivity index (χ4n) is 2.90. The lowest BCUT2D eigenvalue weighted by atomic mass is 10.0. The summed E-state index contributed by atoms with van der Waals surface area (Å²) in [5.74, 6) is 0.778. The second-order valence-corrected chi connectivity index (χ2v) is 6.14. The van der Waals surface area contributed by atoms with Crippen LogP contribution in [-0.2, 0) is 0 Å². The molecule has 1 aliphatic heterocycles. The van der Waals surface area contributed by atoms with Crippen molar-refractivity contribution in [3.8, 4) is 0 Å². The highest BCUT2D eigenvalue weighted by molar-refractivity contribution is 5.14. The van der Waals surface area contributed by atoms with Crippen LogP contribution in [0.2, 0.25) is 0 Å². The summed E-state index contributed by atoms with van der Waals surface area (Å²) in [7, 11) is 0. The van der Waals surface area contributed by atoms with E-state index in [0.717, 1.165) is 5.92 Å². The topological polar surface area (TPSA) is 28.2 Å². The quantitative estimate of drug-likeness (QED) is 0.883. The van der Waals surface area contributed by atoms with Crippen molar-refractivity contribution < 1.29 is 0 Å². The Kier molecular flexibility index (Phi) is 5.34. The molecule has 1 atom stereocenters. The Bertz CT molecular complexity index is 356. The maximum atomic E-state index is 4.08. The molecular weight excluding hydrogens is 234 g/mol. The zero-order valence-electron chi connectivity index (χ0n) is 12.5. The second-order valence-electron chi connectivity index (χ2n) is 6.14. The Morgan fingerprint density at radius 1 is 1.21 bits per heavy atom. The van der Waals surface area contributed by atoms with Crippen LogP contribution < -0.4 is 5.32 Å². The highest BCUT2D eigenvalue weighted by atomic mass is 15.1. The standard InChI is InChI=1S/C16H27N3/c1-13(2)12-19-10-6-16(7-11-19)18-14(3)15-4-8-17-9-5-15/h4-5,8-9,13-14,16,18H,6-7,10-12H2,1-3H3/t14-/m1/s1. The molecule has 1 aromatic heterocycles. The van der Waals surface area contributed by atoms with E-state index in [4.69, 9.17) is 0 Å². The van der Waals surface area contributed by atoms with E-state index in [1.807, 2.05) is 12.4 Å². The molecule has 2 rings (SSSR count). The van der Waals surface area contributed by atoms with Gasteiger partial charge in [0.1, 0.15) is 0 Å². The Labute approximate surface area is 117 Å². The van der Waals surface area contributed by atoms with Gasteiger partial charge >= 0.3 is 0 Å². The molecule has 0 aromatic carbocycles. The van der Waals surface area contributed by atoms with Gasteiger partial charge in [-0.3, -0.25) is 4.98 Å². The molecule has 2 heterocycles. The second kappa shape index (κ2) is 7.01. The van der Waals surface area contributed by atoms with Crippen LogP contribution in [0, 0.1) is 5.92 Å². The molecule has 0 radical (unpaired) electrons. The highest BCUT2D eigenvalue weighted by Crippen LogP contribution is 2.17. The SMILES string of the molecule is CC(C)CN1CCC(N[C@H](C)c2ccncc2)CC1. The van der Waals surface area contributed by atoms with Gasteiger partial charge in [-0.1, -0.05) is 13.8 Å². The summed E-state index contributed by atoms with van der Waals surface area (Å²) >= 11 is 0. The molecule has 1 saturated heterocycles. The van der Waals surface area contributed by atoms with Crippen LogP contribution in [0.1, 0.15) is 45.2 Å². The number of pyridine rings is 1. The molecule has 3 heteroatoms. The van der Waals surface area contributed by atoms with Crippen LogP contribution >= 0.6 is 0 Å². The van der Waals surface area contributed by atoms with Crippen molar-refractivity contribution in [2.45, 2.75) is 45.7 Å². The first-order valence-corrected chi connectivity index (χ1v) is 7.53. The monoisotopic (exact) mass is 261 g/mol. The van der Waals surface area contributed by atoms with Crippen LogP contribution in [0.3, 0.4) is 0 Å². The minimum absolute atomic E-state index is 0.421. The number of hydrogen-bond acceptors (Lipinski definition) is 3. The van der Waals surface area contributed by atoms with Gasteiger partial charge in [-0.2, -0.15) is 0 Å². The summed E-state index contributed by atoms with van der Waals surface area (Å²) in [5, 5.41) is 3.75. The van der Waals surface area contributed by atoms with Crippen molar-refractivity contribution in [1.82, 2.24) is 15.2 Å². The molecule has 1 fully saturated rings. The van der Waals surface area contributed by atoms with Gasteiger partial charge in [-0.15, -0.1) is 0 Å². The first-order valence-electron chi connectivity index (χ1n) is 7.53. The predicted molar refractivity (Wildman–Crippen MR) is 80.1 cm³/mol. The van der Waals surface area contributed by atoms with Crippen LogP contribution in [-0.4, -0.2) is 35.6 Å². The third-order valence-electron chi connectivity index (χ3n) is 3.90. The minimum Gasteiger partial charge on any atom is -0.307 e. The minimum atomic E-state index is 0.421. The van der Waals surface area contributed by atoms with E-state index in [1.54, 1.807) is 0 Å². The van der Waals surface area contributed by atoms with Crippen molar-refractivity contribution >= 4 is 0 Å². The van der Waals surface area contributed by atoms with E-state index in [9.17, 15) is 0 Å². The van der Waals surface area contributed by atoms with Gasteiger partial charge in [0.25, 0.3) is 0 Å². The van der Waals surface area contributed by atoms with E-state index in [-0.39, 0.29) is 0 Å². The van der Waals surface area contributed by atoms with E-state index >= 15 is 0 Å². The van der Waals surface area contributed by atoms with Crippen molar-refractivity contribution in [3.63, 3.8) is 0 Å². The molecule has 0 aliphatic carbocycles.